The van der Waals surface area contributed by atoms with E-state index >= 15 is 0 Å². The molecule has 0 saturated heterocycles. The van der Waals surface area contributed by atoms with E-state index < -0.39 is 15.8 Å². The highest BCUT2D eigenvalue weighted by Crippen LogP contribution is 2.16. The van der Waals surface area contributed by atoms with Gasteiger partial charge in [0.05, 0.1) is 11.6 Å². The Morgan fingerprint density at radius 1 is 1.25 bits per heavy atom. The van der Waals surface area contributed by atoms with E-state index in [-0.39, 0.29) is 10.1 Å². The zero-order valence-electron chi connectivity index (χ0n) is 10.3. The fourth-order valence-corrected chi connectivity index (χ4v) is 2.27. The number of benzene rings is 1. The minimum Gasteiger partial charge on any atom is -0.447 e. The van der Waals surface area contributed by atoms with E-state index in [1.165, 1.54) is 24.3 Å². The summed E-state index contributed by atoms with van der Waals surface area (Å²) in [4.78, 5) is 0. The summed E-state index contributed by atoms with van der Waals surface area (Å²) in [6.07, 6.45) is 0. The van der Waals surface area contributed by atoms with Crippen molar-refractivity contribution in [1.82, 2.24) is 5.32 Å². The Hall–Kier alpha value is -1.41. The molecule has 0 aliphatic carbocycles. The molecule has 2 aromatic rings. The van der Waals surface area contributed by atoms with Crippen LogP contribution in [0, 0.1) is 5.82 Å². The molecule has 20 heavy (non-hydrogen) atoms. The van der Waals surface area contributed by atoms with Gasteiger partial charge < -0.3 is 9.73 Å². The van der Waals surface area contributed by atoms with Crippen molar-refractivity contribution < 1.29 is 17.2 Å². The average molecular weight is 319 g/mol. The number of nitrogens with two attached hydrogens (primary N) is 1. The maximum Gasteiger partial charge on any atom is 0.271 e. The molecule has 0 unspecified atom stereocenters. The van der Waals surface area contributed by atoms with E-state index in [0.717, 1.165) is 5.56 Å². The Kier molecular flexibility index (Phi) is 4.44. The van der Waals surface area contributed by atoms with Crippen LogP contribution in [-0.4, -0.2) is 8.42 Å². The van der Waals surface area contributed by atoms with Crippen LogP contribution in [0.25, 0.3) is 0 Å². The van der Waals surface area contributed by atoms with E-state index in [1.807, 2.05) is 0 Å². The lowest BCUT2D eigenvalue weighted by atomic mass is 10.2. The third-order valence-corrected chi connectivity index (χ3v) is 3.60. The van der Waals surface area contributed by atoms with E-state index in [9.17, 15) is 12.8 Å². The molecule has 0 bridgehead atoms. The third kappa shape index (κ3) is 3.80. The molecule has 108 valence electrons. The van der Waals surface area contributed by atoms with Crippen molar-refractivity contribution in [2.45, 2.75) is 18.2 Å². The molecular weight excluding hydrogens is 307 g/mol. The van der Waals surface area contributed by atoms with Gasteiger partial charge >= 0.3 is 0 Å². The summed E-state index contributed by atoms with van der Waals surface area (Å²) >= 11 is 5.66. The summed E-state index contributed by atoms with van der Waals surface area (Å²) in [7, 11) is -3.82. The predicted molar refractivity (Wildman–Crippen MR) is 72.0 cm³/mol. The van der Waals surface area contributed by atoms with Gasteiger partial charge in [-0.25, -0.2) is 17.9 Å². The average Bonchev–Trinajstić information content (AvgIpc) is 2.82. The van der Waals surface area contributed by atoms with Crippen LogP contribution in [0.3, 0.4) is 0 Å². The molecule has 1 heterocycles. The molecule has 1 aromatic heterocycles. The largest absolute Gasteiger partial charge is 0.447 e. The standard InChI is InChI=1S/C12H12ClFN2O3S/c13-10-5-8(1-3-11(10)14)6-16-7-9-2-4-12(19-9)20(15,17)18/h1-5,16H,6-7H2,(H2,15,17,18). The minimum absolute atomic E-state index is 0.0545. The summed E-state index contributed by atoms with van der Waals surface area (Å²) < 4.78 is 40.1. The van der Waals surface area contributed by atoms with Gasteiger partial charge in [-0.15, -0.1) is 0 Å². The van der Waals surface area contributed by atoms with Crippen molar-refractivity contribution in [2.75, 3.05) is 0 Å². The molecule has 2 rings (SSSR count). The lowest BCUT2D eigenvalue weighted by Gasteiger charge is -2.04. The zero-order chi connectivity index (χ0) is 14.8. The maximum atomic E-state index is 13.0. The van der Waals surface area contributed by atoms with Gasteiger partial charge in [0.1, 0.15) is 11.6 Å². The van der Waals surface area contributed by atoms with Gasteiger partial charge in [0.25, 0.3) is 10.0 Å². The number of hydrogen-bond acceptors (Lipinski definition) is 4. The second kappa shape index (κ2) is 5.92. The van der Waals surface area contributed by atoms with E-state index in [1.54, 1.807) is 6.07 Å². The number of primary sulfonamides is 1. The zero-order valence-corrected chi connectivity index (χ0v) is 11.8. The summed E-state index contributed by atoms with van der Waals surface area (Å²) in [5.41, 5.74) is 0.801. The molecule has 5 nitrogen and oxygen atoms in total. The van der Waals surface area contributed by atoms with Crippen molar-refractivity contribution in [1.29, 1.82) is 0 Å². The molecule has 0 aliphatic heterocycles. The van der Waals surface area contributed by atoms with Crippen LogP contribution >= 0.6 is 11.6 Å². The van der Waals surface area contributed by atoms with Gasteiger partial charge in [0.2, 0.25) is 5.09 Å². The summed E-state index contributed by atoms with van der Waals surface area (Å²) in [6, 6.07) is 7.21. The van der Waals surface area contributed by atoms with Gasteiger partial charge in [-0.1, -0.05) is 17.7 Å². The topological polar surface area (TPSA) is 85.3 Å². The third-order valence-electron chi connectivity index (χ3n) is 2.53. The number of halogens is 2. The second-order valence-corrected chi connectivity index (χ2v) is 6.02. The molecule has 0 atom stereocenters. The van der Waals surface area contributed by atoms with E-state index in [2.05, 4.69) is 5.32 Å². The van der Waals surface area contributed by atoms with Crippen LogP contribution in [0.15, 0.2) is 39.8 Å². The molecule has 0 aliphatic rings. The highest BCUT2D eigenvalue weighted by atomic mass is 35.5. The number of nitrogens with one attached hydrogen (secondary N) is 1. The first-order valence-electron chi connectivity index (χ1n) is 5.62. The number of sulfonamides is 1. The Morgan fingerprint density at radius 2 is 2.00 bits per heavy atom. The maximum absolute atomic E-state index is 13.0. The number of rotatable bonds is 5. The second-order valence-electron chi connectivity index (χ2n) is 4.12. The van der Waals surface area contributed by atoms with E-state index in [0.29, 0.717) is 18.8 Å². The van der Waals surface area contributed by atoms with Crippen LogP contribution in [0.1, 0.15) is 11.3 Å². The van der Waals surface area contributed by atoms with Gasteiger partial charge in [-0.3, -0.25) is 0 Å². The minimum atomic E-state index is -3.82. The molecule has 3 N–H and O–H groups in total. The molecule has 0 radical (unpaired) electrons. The molecule has 1 aromatic carbocycles. The van der Waals surface area contributed by atoms with Crippen molar-refractivity contribution in [3.63, 3.8) is 0 Å². The molecule has 0 saturated carbocycles. The van der Waals surface area contributed by atoms with Gasteiger partial charge in [0, 0.05) is 6.54 Å². The monoisotopic (exact) mass is 318 g/mol. The van der Waals surface area contributed by atoms with E-state index in [4.69, 9.17) is 21.2 Å². The van der Waals surface area contributed by atoms with Crippen LogP contribution in [-0.2, 0) is 23.1 Å². The normalized spacial score (nSPS) is 11.8. The molecular formula is C12H12ClFN2O3S. The number of furan rings is 1. The molecule has 0 spiro atoms. The van der Waals surface area contributed by atoms with Gasteiger partial charge in [0.15, 0.2) is 0 Å². The first-order chi connectivity index (χ1) is 9.36. The van der Waals surface area contributed by atoms with Gasteiger partial charge in [-0.2, -0.15) is 0 Å². The Labute approximate surface area is 120 Å². The SMILES string of the molecule is NS(=O)(=O)c1ccc(CNCc2ccc(F)c(Cl)c2)o1. The van der Waals surface area contributed by atoms with Crippen LogP contribution < -0.4 is 10.5 Å². The van der Waals surface area contributed by atoms with Crippen molar-refractivity contribution in [3.05, 3.63) is 52.5 Å². The lowest BCUT2D eigenvalue weighted by molar-refractivity contribution is 0.402. The smallest absolute Gasteiger partial charge is 0.271 e. The van der Waals surface area contributed by atoms with Gasteiger partial charge in [-0.05, 0) is 29.8 Å². The summed E-state index contributed by atoms with van der Waals surface area (Å²) in [5.74, 6) is -0.0403. The Balaban J connectivity index is 1.93. The first kappa shape index (κ1) is 15.0. The quantitative estimate of drug-likeness (QED) is 0.883. The first-order valence-corrected chi connectivity index (χ1v) is 7.55. The Bertz CT molecular complexity index is 715. The van der Waals surface area contributed by atoms with Crippen LogP contribution in [0.4, 0.5) is 4.39 Å². The lowest BCUT2D eigenvalue weighted by Crippen LogP contribution is -2.13. The molecule has 0 amide bonds. The van der Waals surface area contributed by atoms with Crippen molar-refractivity contribution in [2.24, 2.45) is 5.14 Å². The van der Waals surface area contributed by atoms with Crippen LogP contribution in [0.2, 0.25) is 5.02 Å². The molecule has 0 fully saturated rings. The Morgan fingerprint density at radius 3 is 2.60 bits per heavy atom. The predicted octanol–water partition coefficient (Wildman–Crippen LogP) is 2.01. The number of hydrogen-bond donors (Lipinski definition) is 2. The highest BCUT2D eigenvalue weighted by Gasteiger charge is 2.12. The fourth-order valence-electron chi connectivity index (χ4n) is 1.59. The fraction of sp³-hybridized carbons (Fsp3) is 0.167. The summed E-state index contributed by atoms with van der Waals surface area (Å²) in [6.45, 7) is 0.746. The van der Waals surface area contributed by atoms with Crippen molar-refractivity contribution >= 4 is 21.6 Å². The summed E-state index contributed by atoms with van der Waals surface area (Å²) in [5, 5.41) is 7.72. The molecule has 8 heteroatoms. The van der Waals surface area contributed by atoms with Crippen molar-refractivity contribution in [3.8, 4) is 0 Å². The highest BCUT2D eigenvalue weighted by molar-refractivity contribution is 7.89. The van der Waals surface area contributed by atoms with Crippen LogP contribution in [0.5, 0.6) is 0 Å².